The van der Waals surface area contributed by atoms with Gasteiger partial charge in [0, 0.05) is 0 Å². The zero-order chi connectivity index (χ0) is 6.24. The van der Waals surface area contributed by atoms with E-state index in [1.165, 1.54) is 31.0 Å². The topological polar surface area (TPSA) is 0 Å². The number of halogens is 1. The summed E-state index contributed by atoms with van der Waals surface area (Å²) in [7, 11) is 0. The molecule has 0 saturated carbocycles. The van der Waals surface area contributed by atoms with E-state index in [9.17, 15) is 4.39 Å². The Labute approximate surface area is 54.9 Å². The van der Waals surface area contributed by atoms with Gasteiger partial charge in [0.2, 0.25) is 0 Å². The van der Waals surface area contributed by atoms with Gasteiger partial charge in [0.15, 0.2) is 0 Å². The quantitative estimate of drug-likeness (QED) is 0.524. The summed E-state index contributed by atoms with van der Waals surface area (Å²) >= 11 is 1.38. The molecule has 0 radical (unpaired) electrons. The minimum Gasteiger partial charge on any atom is -0.239 e. The molecule has 0 bridgehead atoms. The summed E-state index contributed by atoms with van der Waals surface area (Å²) in [5.41, 5.74) is 0. The minimum atomic E-state index is -0.219. The molecule has 0 rings (SSSR count). The molecule has 0 amide bonds. The van der Waals surface area contributed by atoms with E-state index in [-0.39, 0.29) is 6.01 Å². The molecule has 0 aromatic heterocycles. The highest BCUT2D eigenvalue weighted by molar-refractivity contribution is 7.99. The molecule has 0 aromatic carbocycles. The predicted molar refractivity (Wildman–Crippen MR) is 38.0 cm³/mol. The molecule has 8 heavy (non-hydrogen) atoms. The highest BCUT2D eigenvalue weighted by Crippen LogP contribution is 2.05. The van der Waals surface area contributed by atoms with Gasteiger partial charge in [-0.1, -0.05) is 19.8 Å². The van der Waals surface area contributed by atoms with Gasteiger partial charge in [-0.2, -0.15) is 0 Å². The third kappa shape index (κ3) is 6.28. The first-order chi connectivity index (χ1) is 3.91. The first-order valence-electron chi connectivity index (χ1n) is 3.05. The summed E-state index contributed by atoms with van der Waals surface area (Å²) in [6.07, 6.45) is 3.64. The molecule has 0 aliphatic heterocycles. The monoisotopic (exact) mass is 136 g/mol. The number of rotatable bonds is 5. The summed E-state index contributed by atoms with van der Waals surface area (Å²) in [6.45, 7) is 2.15. The van der Waals surface area contributed by atoms with Gasteiger partial charge < -0.3 is 0 Å². The van der Waals surface area contributed by atoms with Crippen LogP contribution in [0.3, 0.4) is 0 Å². The molecule has 0 aliphatic rings. The van der Waals surface area contributed by atoms with Crippen LogP contribution in [0.15, 0.2) is 0 Å². The van der Waals surface area contributed by atoms with E-state index in [0.717, 1.165) is 5.75 Å². The lowest BCUT2D eigenvalue weighted by molar-refractivity contribution is 0.605. The lowest BCUT2D eigenvalue weighted by atomic mass is 10.3. The van der Waals surface area contributed by atoms with Crippen molar-refractivity contribution in [1.29, 1.82) is 0 Å². The number of hydrogen-bond acceptors (Lipinski definition) is 1. The van der Waals surface area contributed by atoms with Crippen LogP contribution in [0.4, 0.5) is 4.39 Å². The van der Waals surface area contributed by atoms with Gasteiger partial charge in [-0.15, -0.1) is 11.8 Å². The first-order valence-corrected chi connectivity index (χ1v) is 4.21. The van der Waals surface area contributed by atoms with Crippen molar-refractivity contribution in [3.63, 3.8) is 0 Å². The Hall–Kier alpha value is 0.280. The van der Waals surface area contributed by atoms with Gasteiger partial charge in [-0.3, -0.25) is 0 Å². The van der Waals surface area contributed by atoms with Crippen molar-refractivity contribution in [2.75, 3.05) is 11.8 Å². The molecular formula is C6H13FS. The van der Waals surface area contributed by atoms with Crippen LogP contribution < -0.4 is 0 Å². The Morgan fingerprint density at radius 3 is 2.62 bits per heavy atom. The van der Waals surface area contributed by atoms with Crippen LogP contribution in [0.2, 0.25) is 0 Å². The molecule has 0 aliphatic carbocycles. The number of thioether (sulfide) groups is 1. The molecule has 0 N–H and O–H groups in total. The van der Waals surface area contributed by atoms with Crippen LogP contribution in [0.5, 0.6) is 0 Å². The zero-order valence-electron chi connectivity index (χ0n) is 5.32. The van der Waals surface area contributed by atoms with Crippen LogP contribution in [-0.2, 0) is 0 Å². The van der Waals surface area contributed by atoms with Crippen LogP contribution >= 0.6 is 11.8 Å². The second-order valence-electron chi connectivity index (χ2n) is 1.72. The number of hydrogen-bond donors (Lipinski definition) is 0. The summed E-state index contributed by atoms with van der Waals surface area (Å²) in [5, 5.41) is 0. The molecule has 50 valence electrons. The van der Waals surface area contributed by atoms with E-state index in [4.69, 9.17) is 0 Å². The second kappa shape index (κ2) is 7.28. The van der Waals surface area contributed by atoms with Crippen LogP contribution in [0.25, 0.3) is 0 Å². The molecule has 0 atom stereocenters. The standard InChI is InChI=1S/C6H13FS/c1-2-3-4-5-8-6-7/h2-6H2,1H3. The third-order valence-corrected chi connectivity index (χ3v) is 1.70. The van der Waals surface area contributed by atoms with Crippen molar-refractivity contribution in [3.05, 3.63) is 0 Å². The van der Waals surface area contributed by atoms with Crippen molar-refractivity contribution in [2.45, 2.75) is 26.2 Å². The lowest BCUT2D eigenvalue weighted by Crippen LogP contribution is -1.77. The fraction of sp³-hybridized carbons (Fsp3) is 1.00. The molecule has 0 aromatic rings. The average molecular weight is 136 g/mol. The van der Waals surface area contributed by atoms with Crippen molar-refractivity contribution in [3.8, 4) is 0 Å². The van der Waals surface area contributed by atoms with E-state index >= 15 is 0 Å². The highest BCUT2D eigenvalue weighted by Gasteiger charge is 1.84. The molecule has 0 spiro atoms. The Bertz CT molecular complexity index is 33.5. The SMILES string of the molecule is CCCCCSCF. The molecule has 0 fully saturated rings. The second-order valence-corrected chi connectivity index (χ2v) is 2.76. The van der Waals surface area contributed by atoms with Crippen molar-refractivity contribution >= 4 is 11.8 Å². The Morgan fingerprint density at radius 1 is 1.38 bits per heavy atom. The summed E-state index contributed by atoms with van der Waals surface area (Å²) in [4.78, 5) is 0. The fourth-order valence-corrected chi connectivity index (χ4v) is 1.03. The Kier molecular flexibility index (Phi) is 7.53. The van der Waals surface area contributed by atoms with Crippen molar-refractivity contribution in [1.82, 2.24) is 0 Å². The van der Waals surface area contributed by atoms with E-state index in [2.05, 4.69) is 6.92 Å². The van der Waals surface area contributed by atoms with E-state index < -0.39 is 0 Å². The highest BCUT2D eigenvalue weighted by atomic mass is 32.2. The maximum atomic E-state index is 11.4. The largest absolute Gasteiger partial charge is 0.239 e. The van der Waals surface area contributed by atoms with Gasteiger partial charge >= 0.3 is 0 Å². The van der Waals surface area contributed by atoms with Crippen LogP contribution in [-0.4, -0.2) is 11.8 Å². The lowest BCUT2D eigenvalue weighted by Gasteiger charge is -1.92. The van der Waals surface area contributed by atoms with E-state index in [0.29, 0.717) is 0 Å². The number of unbranched alkanes of at least 4 members (excludes halogenated alkanes) is 2. The van der Waals surface area contributed by atoms with Crippen LogP contribution in [0.1, 0.15) is 26.2 Å². The van der Waals surface area contributed by atoms with E-state index in [1.807, 2.05) is 0 Å². The molecular weight excluding hydrogens is 123 g/mol. The molecule has 0 unspecified atom stereocenters. The molecule has 2 heteroatoms. The van der Waals surface area contributed by atoms with Gasteiger partial charge in [-0.05, 0) is 12.2 Å². The van der Waals surface area contributed by atoms with Gasteiger partial charge in [-0.25, -0.2) is 4.39 Å². The first kappa shape index (κ1) is 8.28. The summed E-state index contributed by atoms with van der Waals surface area (Å²) in [5.74, 6) is 0.990. The maximum absolute atomic E-state index is 11.4. The van der Waals surface area contributed by atoms with Crippen LogP contribution in [0, 0.1) is 0 Å². The number of alkyl halides is 1. The van der Waals surface area contributed by atoms with Gasteiger partial charge in [0.05, 0.1) is 0 Å². The van der Waals surface area contributed by atoms with Crippen molar-refractivity contribution < 1.29 is 4.39 Å². The van der Waals surface area contributed by atoms with Gasteiger partial charge in [0.25, 0.3) is 0 Å². The molecule has 0 heterocycles. The smallest absolute Gasteiger partial charge is 0.135 e. The minimum absolute atomic E-state index is 0.219. The van der Waals surface area contributed by atoms with Gasteiger partial charge in [0.1, 0.15) is 6.01 Å². The summed E-state index contributed by atoms with van der Waals surface area (Å²) < 4.78 is 11.4. The predicted octanol–water partition coefficient (Wildman–Crippen LogP) is 2.84. The average Bonchev–Trinajstić information content (AvgIpc) is 1.81. The Balaban J connectivity index is 2.53. The third-order valence-electron chi connectivity index (χ3n) is 0.969. The fourth-order valence-electron chi connectivity index (χ4n) is 0.509. The summed E-state index contributed by atoms with van der Waals surface area (Å²) in [6, 6.07) is -0.219. The normalized spacial score (nSPS) is 9.75. The van der Waals surface area contributed by atoms with Crippen molar-refractivity contribution in [2.24, 2.45) is 0 Å². The molecule has 0 saturated heterocycles. The maximum Gasteiger partial charge on any atom is 0.135 e. The van der Waals surface area contributed by atoms with E-state index in [1.54, 1.807) is 0 Å². The molecule has 0 nitrogen and oxygen atoms in total. The zero-order valence-corrected chi connectivity index (χ0v) is 6.14. The Morgan fingerprint density at radius 2 is 2.12 bits per heavy atom.